The van der Waals surface area contributed by atoms with Gasteiger partial charge < -0.3 is 0 Å². The van der Waals surface area contributed by atoms with Crippen LogP contribution >= 0.6 is 15.9 Å². The molecule has 106 valence electrons. The van der Waals surface area contributed by atoms with Crippen molar-refractivity contribution >= 4 is 26.0 Å². The molecule has 3 nitrogen and oxygen atoms in total. The van der Waals surface area contributed by atoms with Crippen molar-refractivity contribution in [1.82, 2.24) is 4.31 Å². The molecule has 2 rings (SSSR count). The molecule has 0 aromatic heterocycles. The molecule has 0 bridgehead atoms. The molecule has 0 amide bonds. The monoisotopic (exact) mass is 345 g/mol. The molecule has 1 heterocycles. The summed E-state index contributed by atoms with van der Waals surface area (Å²) >= 11 is 3.40. The summed E-state index contributed by atoms with van der Waals surface area (Å²) in [6.07, 6.45) is 2.01. The molecular formula is C14H20BrNO2S. The normalized spacial score (nSPS) is 20.4. The second-order valence-corrected chi connectivity index (χ2v) is 8.81. The second kappa shape index (κ2) is 5.19. The molecule has 0 spiro atoms. The zero-order chi connectivity index (χ0) is 14.3. The SMILES string of the molecule is Cc1cc(S(=O)(=O)N2CCCC(C)(C)C2)ccc1Br. The number of rotatable bonds is 2. The Morgan fingerprint density at radius 2 is 2.00 bits per heavy atom. The molecule has 5 heteroatoms. The van der Waals surface area contributed by atoms with E-state index in [1.807, 2.05) is 6.92 Å². The average Bonchev–Trinajstić information content (AvgIpc) is 2.31. The van der Waals surface area contributed by atoms with E-state index < -0.39 is 10.0 Å². The largest absolute Gasteiger partial charge is 0.243 e. The highest BCUT2D eigenvalue weighted by molar-refractivity contribution is 9.10. The van der Waals surface area contributed by atoms with Crippen LogP contribution in [0.25, 0.3) is 0 Å². The lowest BCUT2D eigenvalue weighted by atomic mass is 9.85. The van der Waals surface area contributed by atoms with E-state index in [9.17, 15) is 8.42 Å². The highest BCUT2D eigenvalue weighted by atomic mass is 79.9. The van der Waals surface area contributed by atoms with Gasteiger partial charge in [0.25, 0.3) is 0 Å². The molecule has 1 aromatic rings. The van der Waals surface area contributed by atoms with Crippen LogP contribution in [-0.2, 0) is 10.0 Å². The molecule has 0 radical (unpaired) electrons. The first-order chi connectivity index (χ1) is 8.72. The molecule has 1 aliphatic rings. The summed E-state index contributed by atoms with van der Waals surface area (Å²) in [7, 11) is -3.36. The van der Waals surface area contributed by atoms with Gasteiger partial charge in [-0.2, -0.15) is 4.31 Å². The maximum atomic E-state index is 12.6. The highest BCUT2D eigenvalue weighted by Crippen LogP contribution is 2.32. The molecule has 1 saturated heterocycles. The molecule has 1 fully saturated rings. The number of aryl methyl sites for hydroxylation is 1. The summed E-state index contributed by atoms with van der Waals surface area (Å²) in [4.78, 5) is 0.394. The molecule has 0 aliphatic carbocycles. The average molecular weight is 346 g/mol. The summed E-state index contributed by atoms with van der Waals surface area (Å²) in [6.45, 7) is 7.39. The fourth-order valence-corrected chi connectivity index (χ4v) is 4.50. The van der Waals surface area contributed by atoms with Crippen molar-refractivity contribution in [3.63, 3.8) is 0 Å². The van der Waals surface area contributed by atoms with E-state index in [-0.39, 0.29) is 5.41 Å². The maximum absolute atomic E-state index is 12.6. The maximum Gasteiger partial charge on any atom is 0.243 e. The standard InChI is InChI=1S/C14H20BrNO2S/c1-11-9-12(5-6-13(11)15)19(17,18)16-8-4-7-14(2,3)10-16/h5-6,9H,4,7-8,10H2,1-3H3. The lowest BCUT2D eigenvalue weighted by molar-refractivity contribution is 0.187. The number of hydrogen-bond acceptors (Lipinski definition) is 2. The van der Waals surface area contributed by atoms with Crippen LogP contribution in [0.5, 0.6) is 0 Å². The lowest BCUT2D eigenvalue weighted by Gasteiger charge is -2.37. The number of halogens is 1. The Kier molecular flexibility index (Phi) is 4.10. The third kappa shape index (κ3) is 3.20. The van der Waals surface area contributed by atoms with E-state index in [1.165, 1.54) is 0 Å². The lowest BCUT2D eigenvalue weighted by Crippen LogP contribution is -2.43. The summed E-state index contributed by atoms with van der Waals surface area (Å²) in [6, 6.07) is 5.21. The van der Waals surface area contributed by atoms with E-state index in [2.05, 4.69) is 29.8 Å². The second-order valence-electron chi connectivity index (χ2n) is 6.02. The molecule has 0 N–H and O–H groups in total. The minimum atomic E-state index is -3.36. The van der Waals surface area contributed by atoms with Gasteiger partial charge in [0.15, 0.2) is 0 Å². The molecule has 0 atom stereocenters. The van der Waals surface area contributed by atoms with Gasteiger partial charge in [-0.3, -0.25) is 0 Å². The van der Waals surface area contributed by atoms with Crippen LogP contribution in [-0.4, -0.2) is 25.8 Å². The summed E-state index contributed by atoms with van der Waals surface area (Å²) in [5, 5.41) is 0. The van der Waals surface area contributed by atoms with Crippen LogP contribution in [0.1, 0.15) is 32.3 Å². The van der Waals surface area contributed by atoms with Crippen LogP contribution < -0.4 is 0 Å². The Labute approximate surface area is 124 Å². The van der Waals surface area contributed by atoms with Crippen molar-refractivity contribution in [2.75, 3.05) is 13.1 Å². The van der Waals surface area contributed by atoms with Gasteiger partial charge in [0, 0.05) is 17.6 Å². The van der Waals surface area contributed by atoms with Gasteiger partial charge in [0.1, 0.15) is 0 Å². The minimum Gasteiger partial charge on any atom is -0.207 e. The summed E-state index contributed by atoms with van der Waals surface area (Å²) in [5.74, 6) is 0. The fraction of sp³-hybridized carbons (Fsp3) is 0.571. The molecule has 1 aromatic carbocycles. The van der Waals surface area contributed by atoms with Gasteiger partial charge in [-0.05, 0) is 48.9 Å². The molecular weight excluding hydrogens is 326 g/mol. The van der Waals surface area contributed by atoms with Crippen molar-refractivity contribution in [1.29, 1.82) is 0 Å². The Morgan fingerprint density at radius 3 is 2.58 bits per heavy atom. The number of nitrogens with zero attached hydrogens (tertiary/aromatic N) is 1. The highest BCUT2D eigenvalue weighted by Gasteiger charge is 2.34. The van der Waals surface area contributed by atoms with Crippen LogP contribution in [0.2, 0.25) is 0 Å². The van der Waals surface area contributed by atoms with Crippen LogP contribution in [0.15, 0.2) is 27.6 Å². The molecule has 0 saturated carbocycles. The predicted molar refractivity (Wildman–Crippen MR) is 80.7 cm³/mol. The predicted octanol–water partition coefficient (Wildman–Crippen LogP) is 3.57. The molecule has 1 aliphatic heterocycles. The number of benzene rings is 1. The van der Waals surface area contributed by atoms with Crippen molar-refractivity contribution in [3.8, 4) is 0 Å². The molecule has 19 heavy (non-hydrogen) atoms. The minimum absolute atomic E-state index is 0.0652. The Bertz CT molecular complexity index is 581. The summed E-state index contributed by atoms with van der Waals surface area (Å²) in [5.41, 5.74) is 1.01. The van der Waals surface area contributed by atoms with Gasteiger partial charge in [0.05, 0.1) is 4.90 Å². The van der Waals surface area contributed by atoms with Gasteiger partial charge in [-0.1, -0.05) is 29.8 Å². The third-order valence-corrected chi connectivity index (χ3v) is 6.36. The topological polar surface area (TPSA) is 37.4 Å². The number of sulfonamides is 1. The summed E-state index contributed by atoms with van der Waals surface area (Å²) < 4.78 is 27.9. The van der Waals surface area contributed by atoms with Crippen LogP contribution in [0.3, 0.4) is 0 Å². The smallest absolute Gasteiger partial charge is 0.207 e. The molecule has 0 unspecified atom stereocenters. The van der Waals surface area contributed by atoms with E-state index >= 15 is 0 Å². The number of piperidine rings is 1. The van der Waals surface area contributed by atoms with Crippen molar-refractivity contribution < 1.29 is 8.42 Å². The van der Waals surface area contributed by atoms with Crippen LogP contribution in [0, 0.1) is 12.3 Å². The Morgan fingerprint density at radius 1 is 1.32 bits per heavy atom. The first-order valence-electron chi connectivity index (χ1n) is 6.49. The van der Waals surface area contributed by atoms with E-state index in [0.717, 1.165) is 22.9 Å². The zero-order valence-corrected chi connectivity index (χ0v) is 14.0. The van der Waals surface area contributed by atoms with Gasteiger partial charge in [-0.25, -0.2) is 8.42 Å². The first-order valence-corrected chi connectivity index (χ1v) is 8.72. The van der Waals surface area contributed by atoms with E-state index in [0.29, 0.717) is 18.0 Å². The van der Waals surface area contributed by atoms with Gasteiger partial charge in [0.2, 0.25) is 10.0 Å². The quantitative estimate of drug-likeness (QED) is 0.821. The first kappa shape index (κ1) is 15.0. The van der Waals surface area contributed by atoms with Crippen LogP contribution in [0.4, 0.5) is 0 Å². The fourth-order valence-electron chi connectivity index (χ4n) is 2.50. The van der Waals surface area contributed by atoms with Crippen molar-refractivity contribution in [3.05, 3.63) is 28.2 Å². The zero-order valence-electron chi connectivity index (χ0n) is 11.6. The van der Waals surface area contributed by atoms with Gasteiger partial charge in [-0.15, -0.1) is 0 Å². The third-order valence-electron chi connectivity index (χ3n) is 3.63. The Balaban J connectivity index is 2.34. The van der Waals surface area contributed by atoms with E-state index in [1.54, 1.807) is 22.5 Å². The van der Waals surface area contributed by atoms with Gasteiger partial charge >= 0.3 is 0 Å². The number of hydrogen-bond donors (Lipinski definition) is 0. The van der Waals surface area contributed by atoms with Crippen molar-refractivity contribution in [2.24, 2.45) is 5.41 Å². The van der Waals surface area contributed by atoms with Crippen molar-refractivity contribution in [2.45, 2.75) is 38.5 Å². The Hall–Kier alpha value is -0.390. The van der Waals surface area contributed by atoms with E-state index in [4.69, 9.17) is 0 Å².